The summed E-state index contributed by atoms with van der Waals surface area (Å²) >= 11 is 3.32. The van der Waals surface area contributed by atoms with Gasteiger partial charge in [-0.05, 0) is 54.0 Å². The van der Waals surface area contributed by atoms with Gasteiger partial charge in [0.05, 0.1) is 10.4 Å². The van der Waals surface area contributed by atoms with Crippen molar-refractivity contribution in [3.63, 3.8) is 0 Å². The molecule has 0 radical (unpaired) electrons. The Morgan fingerprint density at radius 3 is 2.50 bits per heavy atom. The molecule has 1 aliphatic rings. The number of hydrogen-bond acceptors (Lipinski definition) is 4. The molecule has 0 aromatic carbocycles. The average molecular weight is 342 g/mol. The fraction of sp³-hybridized carbons (Fsp3) is 0.643. The van der Waals surface area contributed by atoms with Crippen LogP contribution in [0.5, 0.6) is 0 Å². The molecule has 0 unspecified atom stereocenters. The van der Waals surface area contributed by atoms with E-state index in [1.165, 1.54) is 0 Å². The van der Waals surface area contributed by atoms with E-state index in [9.17, 15) is 4.79 Å². The number of carboxylic acid groups (broad SMARTS) is 1. The Kier molecular flexibility index (Phi) is 5.34. The van der Waals surface area contributed by atoms with Crippen LogP contribution in [0, 0.1) is 11.8 Å². The van der Waals surface area contributed by atoms with Gasteiger partial charge < -0.3 is 10.0 Å². The number of carbonyl (C=O) groups is 1. The van der Waals surface area contributed by atoms with E-state index in [0.717, 1.165) is 49.1 Å². The molecule has 1 heterocycles. The summed E-state index contributed by atoms with van der Waals surface area (Å²) in [5, 5.41) is 8.99. The highest BCUT2D eigenvalue weighted by molar-refractivity contribution is 9.10. The third kappa shape index (κ3) is 4.16. The molecule has 1 N–H and O–H groups in total. The van der Waals surface area contributed by atoms with E-state index in [1.807, 2.05) is 7.05 Å². The fourth-order valence-electron chi connectivity index (χ4n) is 2.68. The Morgan fingerprint density at radius 2 is 1.95 bits per heavy atom. The number of carboxylic acids is 1. The molecule has 110 valence electrons. The molecule has 5 nitrogen and oxygen atoms in total. The van der Waals surface area contributed by atoms with E-state index in [0.29, 0.717) is 5.92 Å². The van der Waals surface area contributed by atoms with Crippen molar-refractivity contribution in [3.05, 3.63) is 16.9 Å². The quantitative estimate of drug-likeness (QED) is 0.891. The van der Waals surface area contributed by atoms with E-state index in [-0.39, 0.29) is 5.92 Å². The Morgan fingerprint density at radius 1 is 1.35 bits per heavy atom. The molecule has 6 heteroatoms. The van der Waals surface area contributed by atoms with E-state index >= 15 is 0 Å². The summed E-state index contributed by atoms with van der Waals surface area (Å²) in [5.74, 6) is 0.596. The molecular weight excluding hydrogens is 322 g/mol. The van der Waals surface area contributed by atoms with Crippen LogP contribution in [0.2, 0.25) is 0 Å². The Hall–Kier alpha value is -1.17. The molecule has 0 aliphatic heterocycles. The van der Waals surface area contributed by atoms with Crippen LogP contribution in [-0.2, 0) is 4.79 Å². The molecule has 1 aliphatic carbocycles. The average Bonchev–Trinajstić information content (AvgIpc) is 2.46. The fourth-order valence-corrected chi connectivity index (χ4v) is 2.88. The second-order valence-electron chi connectivity index (χ2n) is 5.47. The van der Waals surface area contributed by atoms with Crippen LogP contribution in [-0.4, -0.2) is 34.6 Å². The number of rotatable bonds is 5. The standard InChI is InChI=1S/C14H20BrN3O2/c1-18(14-16-8-12(15)9-17-14)7-6-10-2-4-11(5-3-10)13(19)20/h8-11H,2-7H2,1H3,(H,19,20)/t10-,11-. The number of halogens is 1. The van der Waals surface area contributed by atoms with Gasteiger partial charge in [0, 0.05) is 26.0 Å². The highest BCUT2D eigenvalue weighted by Crippen LogP contribution is 2.31. The van der Waals surface area contributed by atoms with Gasteiger partial charge in [-0.25, -0.2) is 9.97 Å². The summed E-state index contributed by atoms with van der Waals surface area (Å²) in [7, 11) is 1.99. The first kappa shape index (κ1) is 15.2. The van der Waals surface area contributed by atoms with Gasteiger partial charge in [-0.1, -0.05) is 0 Å². The lowest BCUT2D eigenvalue weighted by Gasteiger charge is -2.27. The summed E-state index contributed by atoms with van der Waals surface area (Å²) in [6.45, 7) is 0.907. The molecule has 0 saturated heterocycles. The van der Waals surface area contributed by atoms with Gasteiger partial charge in [0.25, 0.3) is 0 Å². The number of aromatic nitrogens is 2. The molecule has 20 heavy (non-hydrogen) atoms. The minimum atomic E-state index is -0.635. The lowest BCUT2D eigenvalue weighted by molar-refractivity contribution is -0.143. The van der Waals surface area contributed by atoms with Crippen molar-refractivity contribution in [2.24, 2.45) is 11.8 Å². The molecule has 0 amide bonds. The molecule has 0 atom stereocenters. The van der Waals surface area contributed by atoms with E-state index in [1.54, 1.807) is 12.4 Å². The number of anilines is 1. The van der Waals surface area contributed by atoms with Gasteiger partial charge in [-0.2, -0.15) is 0 Å². The highest BCUT2D eigenvalue weighted by atomic mass is 79.9. The van der Waals surface area contributed by atoms with Crippen LogP contribution in [0.25, 0.3) is 0 Å². The molecule has 0 spiro atoms. The van der Waals surface area contributed by atoms with Gasteiger partial charge in [0.1, 0.15) is 0 Å². The number of nitrogens with zero attached hydrogens (tertiary/aromatic N) is 3. The summed E-state index contributed by atoms with van der Waals surface area (Å²) in [4.78, 5) is 21.5. The van der Waals surface area contributed by atoms with Crippen LogP contribution < -0.4 is 4.90 Å². The van der Waals surface area contributed by atoms with Crippen molar-refractivity contribution in [3.8, 4) is 0 Å². The summed E-state index contributed by atoms with van der Waals surface area (Å²) < 4.78 is 0.877. The predicted octanol–water partition coefficient (Wildman–Crippen LogP) is 2.96. The maximum Gasteiger partial charge on any atom is 0.306 e. The second-order valence-corrected chi connectivity index (χ2v) is 6.38. The SMILES string of the molecule is CN(CC[C@H]1CC[C@H](C(=O)O)CC1)c1ncc(Br)cn1. The third-order valence-corrected chi connectivity index (χ3v) is 4.43. The minimum absolute atomic E-state index is 0.126. The second kappa shape index (κ2) is 7.02. The van der Waals surface area contributed by atoms with Gasteiger partial charge >= 0.3 is 5.97 Å². The Bertz CT molecular complexity index is 444. The van der Waals surface area contributed by atoms with E-state index in [4.69, 9.17) is 5.11 Å². The molecule has 2 rings (SSSR count). The van der Waals surface area contributed by atoms with Crippen molar-refractivity contribution in [2.45, 2.75) is 32.1 Å². The van der Waals surface area contributed by atoms with Crippen molar-refractivity contribution in [2.75, 3.05) is 18.5 Å². The largest absolute Gasteiger partial charge is 0.481 e. The van der Waals surface area contributed by atoms with Gasteiger partial charge in [-0.3, -0.25) is 4.79 Å². The zero-order chi connectivity index (χ0) is 14.5. The molecule has 0 bridgehead atoms. The lowest BCUT2D eigenvalue weighted by atomic mass is 9.80. The third-order valence-electron chi connectivity index (χ3n) is 4.02. The Labute approximate surface area is 127 Å². The van der Waals surface area contributed by atoms with E-state index in [2.05, 4.69) is 30.8 Å². The lowest BCUT2D eigenvalue weighted by Crippen LogP contribution is -2.26. The zero-order valence-electron chi connectivity index (χ0n) is 11.6. The maximum atomic E-state index is 10.9. The highest BCUT2D eigenvalue weighted by Gasteiger charge is 2.25. The van der Waals surface area contributed by atoms with Crippen LogP contribution in [0.3, 0.4) is 0 Å². The maximum absolute atomic E-state index is 10.9. The van der Waals surface area contributed by atoms with Crippen LogP contribution in [0.15, 0.2) is 16.9 Å². The topological polar surface area (TPSA) is 66.3 Å². The first-order chi connectivity index (χ1) is 9.56. The Balaban J connectivity index is 1.75. The van der Waals surface area contributed by atoms with Crippen LogP contribution in [0.4, 0.5) is 5.95 Å². The van der Waals surface area contributed by atoms with Crippen molar-refractivity contribution in [1.29, 1.82) is 0 Å². The summed E-state index contributed by atoms with van der Waals surface area (Å²) in [6.07, 6.45) is 8.24. The van der Waals surface area contributed by atoms with Crippen LogP contribution in [0.1, 0.15) is 32.1 Å². The molecule has 1 aromatic rings. The van der Waals surface area contributed by atoms with Crippen molar-refractivity contribution in [1.82, 2.24) is 9.97 Å². The monoisotopic (exact) mass is 341 g/mol. The molecular formula is C14H20BrN3O2. The molecule has 1 saturated carbocycles. The number of hydrogen-bond donors (Lipinski definition) is 1. The van der Waals surface area contributed by atoms with Gasteiger partial charge in [0.15, 0.2) is 0 Å². The van der Waals surface area contributed by atoms with Gasteiger partial charge in [0.2, 0.25) is 5.95 Å². The van der Waals surface area contributed by atoms with E-state index < -0.39 is 5.97 Å². The first-order valence-corrected chi connectivity index (χ1v) is 7.77. The normalized spacial score (nSPS) is 22.5. The first-order valence-electron chi connectivity index (χ1n) is 6.97. The molecule has 1 aromatic heterocycles. The molecule has 1 fully saturated rings. The smallest absolute Gasteiger partial charge is 0.306 e. The van der Waals surface area contributed by atoms with Crippen molar-refractivity contribution < 1.29 is 9.90 Å². The summed E-state index contributed by atoms with van der Waals surface area (Å²) in [5.41, 5.74) is 0. The zero-order valence-corrected chi connectivity index (χ0v) is 13.2. The predicted molar refractivity (Wildman–Crippen MR) is 80.7 cm³/mol. The minimum Gasteiger partial charge on any atom is -0.481 e. The summed E-state index contributed by atoms with van der Waals surface area (Å²) in [6, 6.07) is 0. The van der Waals surface area contributed by atoms with Gasteiger partial charge in [-0.15, -0.1) is 0 Å². The van der Waals surface area contributed by atoms with Crippen molar-refractivity contribution >= 4 is 27.8 Å². The number of aliphatic carboxylic acids is 1. The van der Waals surface area contributed by atoms with Crippen LogP contribution >= 0.6 is 15.9 Å².